The number of nitrogens with one attached hydrogen (secondary N) is 1. The van der Waals surface area contributed by atoms with Crippen LogP contribution in [0.5, 0.6) is 5.75 Å². The Morgan fingerprint density at radius 1 is 1.29 bits per heavy atom. The van der Waals surface area contributed by atoms with E-state index in [1.165, 1.54) is 5.56 Å². The number of hydrogen-bond acceptors (Lipinski definition) is 2. The number of carbonyl (C=O) groups is 1. The molecule has 0 spiro atoms. The molecule has 0 atom stereocenters. The van der Waals surface area contributed by atoms with Crippen LogP contribution in [-0.2, 0) is 4.79 Å². The summed E-state index contributed by atoms with van der Waals surface area (Å²) < 4.78 is 5.69. The van der Waals surface area contributed by atoms with Crippen molar-refractivity contribution in [3.8, 4) is 5.75 Å². The molecule has 1 amide bonds. The fraction of sp³-hybridized carbons (Fsp3) is 0.462. The molecule has 0 fully saturated rings. The number of benzene rings is 1. The van der Waals surface area contributed by atoms with Gasteiger partial charge < -0.3 is 10.1 Å². The summed E-state index contributed by atoms with van der Waals surface area (Å²) in [5.41, 5.74) is 3.46. The van der Waals surface area contributed by atoms with Crippen molar-refractivity contribution < 1.29 is 9.53 Å². The first-order chi connectivity index (χ1) is 8.06. The SMILES string of the molecule is Cc1ccc(C)c(OCCNC(=O)CCl)c1C. The van der Waals surface area contributed by atoms with E-state index in [4.69, 9.17) is 16.3 Å². The predicted octanol–water partition coefficient (Wildman–Crippen LogP) is 2.35. The summed E-state index contributed by atoms with van der Waals surface area (Å²) in [5, 5.41) is 2.66. The average molecular weight is 256 g/mol. The molecule has 0 saturated carbocycles. The Hall–Kier alpha value is -1.22. The fourth-order valence-electron chi connectivity index (χ4n) is 1.54. The second kappa shape index (κ2) is 6.50. The van der Waals surface area contributed by atoms with Crippen LogP contribution >= 0.6 is 11.6 Å². The van der Waals surface area contributed by atoms with Gasteiger partial charge in [0.15, 0.2) is 0 Å². The third-order valence-corrected chi connectivity index (χ3v) is 2.91. The lowest BCUT2D eigenvalue weighted by Crippen LogP contribution is -2.29. The van der Waals surface area contributed by atoms with Crippen molar-refractivity contribution in [1.82, 2.24) is 5.32 Å². The van der Waals surface area contributed by atoms with Crippen molar-refractivity contribution in [1.29, 1.82) is 0 Å². The largest absolute Gasteiger partial charge is 0.491 e. The zero-order valence-electron chi connectivity index (χ0n) is 10.5. The molecule has 3 nitrogen and oxygen atoms in total. The number of halogens is 1. The maximum Gasteiger partial charge on any atom is 0.235 e. The van der Waals surface area contributed by atoms with Crippen LogP contribution in [0.25, 0.3) is 0 Å². The van der Waals surface area contributed by atoms with Gasteiger partial charge in [0.1, 0.15) is 18.2 Å². The second-order valence-corrected chi connectivity index (χ2v) is 4.25. The van der Waals surface area contributed by atoms with Gasteiger partial charge in [-0.3, -0.25) is 4.79 Å². The Labute approximate surface area is 107 Å². The summed E-state index contributed by atoms with van der Waals surface area (Å²) in [4.78, 5) is 10.9. The molecule has 17 heavy (non-hydrogen) atoms. The van der Waals surface area contributed by atoms with Crippen LogP contribution in [0.3, 0.4) is 0 Å². The van der Waals surface area contributed by atoms with E-state index in [0.717, 1.165) is 16.9 Å². The fourth-order valence-corrected chi connectivity index (χ4v) is 1.63. The summed E-state index contributed by atoms with van der Waals surface area (Å²) >= 11 is 5.37. The van der Waals surface area contributed by atoms with Gasteiger partial charge in [0.05, 0.1) is 6.54 Å². The van der Waals surface area contributed by atoms with Crippen molar-refractivity contribution in [2.24, 2.45) is 0 Å². The maximum absolute atomic E-state index is 10.9. The molecule has 0 aliphatic heterocycles. The van der Waals surface area contributed by atoms with Crippen LogP contribution in [-0.4, -0.2) is 24.9 Å². The number of aryl methyl sites for hydroxylation is 2. The average Bonchev–Trinajstić information content (AvgIpc) is 2.32. The van der Waals surface area contributed by atoms with E-state index in [1.54, 1.807) is 0 Å². The lowest BCUT2D eigenvalue weighted by Gasteiger charge is -2.14. The lowest BCUT2D eigenvalue weighted by atomic mass is 10.1. The van der Waals surface area contributed by atoms with E-state index in [1.807, 2.05) is 19.9 Å². The predicted molar refractivity (Wildman–Crippen MR) is 69.9 cm³/mol. The minimum absolute atomic E-state index is 0.0114. The Morgan fingerprint density at radius 3 is 2.59 bits per heavy atom. The molecule has 0 saturated heterocycles. The smallest absolute Gasteiger partial charge is 0.235 e. The summed E-state index contributed by atoms with van der Waals surface area (Å²) in [6, 6.07) is 4.11. The Kier molecular flexibility index (Phi) is 5.29. The highest BCUT2D eigenvalue weighted by atomic mass is 35.5. The first kappa shape index (κ1) is 13.8. The van der Waals surface area contributed by atoms with E-state index < -0.39 is 0 Å². The number of amides is 1. The van der Waals surface area contributed by atoms with Crippen molar-refractivity contribution in [2.75, 3.05) is 19.0 Å². The van der Waals surface area contributed by atoms with Crippen molar-refractivity contribution in [2.45, 2.75) is 20.8 Å². The van der Waals surface area contributed by atoms with Crippen LogP contribution in [0.2, 0.25) is 0 Å². The Bertz CT molecular complexity index is 405. The second-order valence-electron chi connectivity index (χ2n) is 3.99. The van der Waals surface area contributed by atoms with Crippen LogP contribution in [0.15, 0.2) is 12.1 Å². The van der Waals surface area contributed by atoms with E-state index in [0.29, 0.717) is 13.2 Å². The molecule has 94 valence electrons. The Morgan fingerprint density at radius 2 is 1.94 bits per heavy atom. The van der Waals surface area contributed by atoms with Gasteiger partial charge in [-0.2, -0.15) is 0 Å². The molecule has 4 heteroatoms. The number of hydrogen-bond donors (Lipinski definition) is 1. The van der Waals surface area contributed by atoms with Gasteiger partial charge in [-0.15, -0.1) is 11.6 Å². The van der Waals surface area contributed by atoms with Crippen LogP contribution in [0.1, 0.15) is 16.7 Å². The van der Waals surface area contributed by atoms with E-state index in [-0.39, 0.29) is 11.8 Å². The summed E-state index contributed by atoms with van der Waals surface area (Å²) in [6.07, 6.45) is 0. The molecule has 0 bridgehead atoms. The molecule has 0 heterocycles. The van der Waals surface area contributed by atoms with Crippen molar-refractivity contribution >= 4 is 17.5 Å². The Balaban J connectivity index is 2.52. The molecule has 0 radical (unpaired) electrons. The minimum atomic E-state index is -0.173. The molecule has 0 unspecified atom stereocenters. The van der Waals surface area contributed by atoms with E-state index >= 15 is 0 Å². The standard InChI is InChI=1S/C13H18ClNO2/c1-9-4-5-10(2)13(11(9)3)17-7-6-15-12(16)8-14/h4-5H,6-8H2,1-3H3,(H,15,16). The number of carbonyl (C=O) groups excluding carboxylic acids is 1. The monoisotopic (exact) mass is 255 g/mol. The van der Waals surface area contributed by atoms with Crippen molar-refractivity contribution in [3.63, 3.8) is 0 Å². The first-order valence-corrected chi connectivity index (χ1v) is 6.12. The van der Waals surface area contributed by atoms with Gasteiger partial charge in [0.2, 0.25) is 5.91 Å². The maximum atomic E-state index is 10.9. The summed E-state index contributed by atoms with van der Waals surface area (Å²) in [5.74, 6) is 0.723. The summed E-state index contributed by atoms with van der Waals surface area (Å²) in [7, 11) is 0. The molecule has 1 aromatic rings. The molecule has 0 aliphatic rings. The highest BCUT2D eigenvalue weighted by Gasteiger charge is 2.06. The highest BCUT2D eigenvalue weighted by molar-refractivity contribution is 6.27. The van der Waals surface area contributed by atoms with Gasteiger partial charge in [0, 0.05) is 0 Å². The van der Waals surface area contributed by atoms with E-state index in [2.05, 4.69) is 18.3 Å². The zero-order chi connectivity index (χ0) is 12.8. The van der Waals surface area contributed by atoms with Gasteiger partial charge in [-0.1, -0.05) is 12.1 Å². The van der Waals surface area contributed by atoms with Gasteiger partial charge in [0.25, 0.3) is 0 Å². The van der Waals surface area contributed by atoms with Gasteiger partial charge >= 0.3 is 0 Å². The zero-order valence-corrected chi connectivity index (χ0v) is 11.2. The molecular weight excluding hydrogens is 238 g/mol. The molecular formula is C13H18ClNO2. The molecule has 1 rings (SSSR count). The molecule has 0 aliphatic carbocycles. The highest BCUT2D eigenvalue weighted by Crippen LogP contribution is 2.25. The third-order valence-electron chi connectivity index (χ3n) is 2.67. The van der Waals surface area contributed by atoms with Crippen LogP contribution in [0, 0.1) is 20.8 Å². The van der Waals surface area contributed by atoms with Crippen LogP contribution < -0.4 is 10.1 Å². The van der Waals surface area contributed by atoms with E-state index in [9.17, 15) is 4.79 Å². The normalized spacial score (nSPS) is 10.1. The number of ether oxygens (including phenoxy) is 1. The van der Waals surface area contributed by atoms with Crippen LogP contribution in [0.4, 0.5) is 0 Å². The summed E-state index contributed by atoms with van der Waals surface area (Å²) in [6.45, 7) is 7.02. The van der Waals surface area contributed by atoms with Gasteiger partial charge in [-0.25, -0.2) is 0 Å². The third kappa shape index (κ3) is 3.93. The topological polar surface area (TPSA) is 38.3 Å². The first-order valence-electron chi connectivity index (χ1n) is 5.58. The van der Waals surface area contributed by atoms with Crippen molar-refractivity contribution in [3.05, 3.63) is 28.8 Å². The number of alkyl halides is 1. The molecule has 0 aromatic heterocycles. The number of rotatable bonds is 5. The molecule has 1 aromatic carbocycles. The van der Waals surface area contributed by atoms with Gasteiger partial charge in [-0.05, 0) is 37.5 Å². The molecule has 1 N–H and O–H groups in total. The lowest BCUT2D eigenvalue weighted by molar-refractivity contribution is -0.118. The quantitative estimate of drug-likeness (QED) is 0.648. The minimum Gasteiger partial charge on any atom is -0.491 e.